The van der Waals surface area contributed by atoms with E-state index < -0.39 is 24.0 Å². The van der Waals surface area contributed by atoms with Crippen molar-refractivity contribution in [3.05, 3.63) is 11.7 Å². The van der Waals surface area contributed by atoms with E-state index in [0.717, 1.165) is 13.8 Å². The lowest BCUT2D eigenvalue weighted by molar-refractivity contribution is 0.137. The molecule has 1 unspecified atom stereocenters. The van der Waals surface area contributed by atoms with Crippen LogP contribution in [0.1, 0.15) is 13.8 Å². The summed E-state index contributed by atoms with van der Waals surface area (Å²) in [4.78, 5) is 8.56. The van der Waals surface area contributed by atoms with E-state index in [4.69, 9.17) is 15.0 Å². The molecule has 0 saturated heterocycles. The first-order valence-corrected chi connectivity index (χ1v) is 2.86. The molecular formula is C6H9F3O3. The van der Waals surface area contributed by atoms with Gasteiger partial charge in [-0.2, -0.15) is 0 Å². The molecule has 6 heteroatoms. The highest BCUT2D eigenvalue weighted by Gasteiger charge is 2.08. The van der Waals surface area contributed by atoms with Gasteiger partial charge >= 0.3 is 6.16 Å². The maximum Gasteiger partial charge on any atom is 0.503 e. The van der Waals surface area contributed by atoms with Gasteiger partial charge in [0, 0.05) is 0 Å². The number of rotatable bonds is 1. The van der Waals surface area contributed by atoms with Crippen molar-refractivity contribution in [1.29, 1.82) is 0 Å². The Labute approximate surface area is 67.1 Å². The molecule has 0 spiro atoms. The molecule has 0 fully saturated rings. The van der Waals surface area contributed by atoms with Crippen LogP contribution in [0.5, 0.6) is 0 Å². The van der Waals surface area contributed by atoms with Gasteiger partial charge in [0.1, 0.15) is 5.83 Å². The van der Waals surface area contributed by atoms with Gasteiger partial charge in [-0.25, -0.2) is 18.0 Å². The molecule has 0 radical (unpaired) electrons. The van der Waals surface area contributed by atoms with Gasteiger partial charge in [-0.05, 0) is 13.8 Å². The average molecular weight is 186 g/mol. The van der Waals surface area contributed by atoms with Gasteiger partial charge in [0.15, 0.2) is 12.0 Å². The molecule has 1 atom stereocenters. The molecule has 0 amide bonds. The second-order valence-corrected chi connectivity index (χ2v) is 1.78. The topological polar surface area (TPSA) is 57.5 Å². The lowest BCUT2D eigenvalue weighted by Gasteiger charge is -1.94. The molecule has 0 bridgehead atoms. The molecule has 3 nitrogen and oxygen atoms in total. The Morgan fingerprint density at radius 1 is 1.33 bits per heavy atom. The normalized spacial score (nSPS) is 13.8. The predicted molar refractivity (Wildman–Crippen MR) is 36.1 cm³/mol. The van der Waals surface area contributed by atoms with Gasteiger partial charge < -0.3 is 10.2 Å². The number of halogens is 3. The molecule has 0 aromatic carbocycles. The van der Waals surface area contributed by atoms with Crippen LogP contribution in [0.4, 0.5) is 18.0 Å². The van der Waals surface area contributed by atoms with E-state index in [1.54, 1.807) is 0 Å². The zero-order valence-electron chi connectivity index (χ0n) is 6.51. The molecule has 0 aliphatic carbocycles. The van der Waals surface area contributed by atoms with Crippen molar-refractivity contribution in [1.82, 2.24) is 0 Å². The van der Waals surface area contributed by atoms with Crippen LogP contribution in [0.2, 0.25) is 0 Å². The second kappa shape index (κ2) is 6.51. The fourth-order valence-electron chi connectivity index (χ4n) is 0.274. The molecule has 0 rings (SSSR count). The third kappa shape index (κ3) is 11.6. The summed E-state index contributed by atoms with van der Waals surface area (Å²) in [5.74, 6) is -2.40. The fraction of sp³-hybridized carbons (Fsp3) is 0.500. The van der Waals surface area contributed by atoms with Crippen molar-refractivity contribution in [3.63, 3.8) is 0 Å². The van der Waals surface area contributed by atoms with Gasteiger partial charge in [0.2, 0.25) is 0 Å². The zero-order valence-corrected chi connectivity index (χ0v) is 6.51. The summed E-state index contributed by atoms with van der Waals surface area (Å²) in [6.07, 6.45) is -3.65. The molecule has 0 heterocycles. The largest absolute Gasteiger partial charge is 0.503 e. The number of carboxylic acid groups (broad SMARTS) is 2. The Morgan fingerprint density at radius 2 is 1.58 bits per heavy atom. The van der Waals surface area contributed by atoms with Crippen LogP contribution < -0.4 is 0 Å². The molecule has 0 aliphatic rings. The first-order chi connectivity index (χ1) is 5.29. The molecule has 0 aromatic heterocycles. The van der Waals surface area contributed by atoms with E-state index in [9.17, 15) is 13.2 Å². The highest BCUT2D eigenvalue weighted by Crippen LogP contribution is 2.13. The first-order valence-electron chi connectivity index (χ1n) is 2.86. The number of carbonyl (C=O) groups is 1. The summed E-state index contributed by atoms with van der Waals surface area (Å²) in [6.45, 7) is 1.82. The molecule has 0 saturated carbocycles. The summed E-state index contributed by atoms with van der Waals surface area (Å²) < 4.78 is 35.1. The van der Waals surface area contributed by atoms with Crippen LogP contribution in [-0.2, 0) is 0 Å². The van der Waals surface area contributed by atoms with Crippen LogP contribution in [0.15, 0.2) is 11.7 Å². The van der Waals surface area contributed by atoms with Crippen LogP contribution in [-0.4, -0.2) is 22.5 Å². The van der Waals surface area contributed by atoms with Crippen LogP contribution in [0.25, 0.3) is 0 Å². The van der Waals surface area contributed by atoms with Gasteiger partial charge in [-0.3, -0.25) is 0 Å². The minimum Gasteiger partial charge on any atom is -0.450 e. The maximum absolute atomic E-state index is 11.8. The van der Waals surface area contributed by atoms with E-state index in [1.807, 2.05) is 0 Å². The Bertz CT molecular complexity index is 169. The lowest BCUT2D eigenvalue weighted by atomic mass is 10.3. The summed E-state index contributed by atoms with van der Waals surface area (Å²) in [6, 6.07) is 0. The number of hydrogen-bond donors (Lipinski definition) is 2. The average Bonchev–Trinajstić information content (AvgIpc) is 1.84. The number of alkyl halides is 1. The lowest BCUT2D eigenvalue weighted by Crippen LogP contribution is -1.93. The zero-order chi connectivity index (χ0) is 10.3. The predicted octanol–water partition coefficient (Wildman–Crippen LogP) is 2.74. The Balaban J connectivity index is 0. The van der Waals surface area contributed by atoms with Crippen LogP contribution in [0.3, 0.4) is 0 Å². The van der Waals surface area contributed by atoms with E-state index in [2.05, 4.69) is 0 Å². The van der Waals surface area contributed by atoms with Crippen LogP contribution in [0, 0.1) is 0 Å². The molecule has 72 valence electrons. The second-order valence-electron chi connectivity index (χ2n) is 1.78. The highest BCUT2D eigenvalue weighted by molar-refractivity contribution is 5.53. The monoisotopic (exact) mass is 186 g/mol. The van der Waals surface area contributed by atoms with Crippen molar-refractivity contribution >= 4 is 6.16 Å². The smallest absolute Gasteiger partial charge is 0.450 e. The van der Waals surface area contributed by atoms with Gasteiger partial charge in [-0.15, -0.1) is 0 Å². The molecule has 0 aliphatic heterocycles. The molecule has 0 aromatic rings. The van der Waals surface area contributed by atoms with Crippen molar-refractivity contribution in [2.75, 3.05) is 0 Å². The summed E-state index contributed by atoms with van der Waals surface area (Å²) >= 11 is 0. The van der Waals surface area contributed by atoms with E-state index >= 15 is 0 Å². The molecular weight excluding hydrogens is 177 g/mol. The Kier molecular flexibility index (Phi) is 7.26. The standard InChI is InChI=1S/C5H7F3.CH2O3/c1-3(6)5(8)4(2)7;2-1(3)4/h3H,1-2H3;(H2,2,3,4). The van der Waals surface area contributed by atoms with Crippen molar-refractivity contribution in [2.24, 2.45) is 0 Å². The highest BCUT2D eigenvalue weighted by atomic mass is 19.2. The molecule has 12 heavy (non-hydrogen) atoms. The number of hydrogen-bond acceptors (Lipinski definition) is 1. The summed E-state index contributed by atoms with van der Waals surface area (Å²) in [5.41, 5.74) is 0. The van der Waals surface area contributed by atoms with Crippen molar-refractivity contribution in [2.45, 2.75) is 20.0 Å². The summed E-state index contributed by atoms with van der Waals surface area (Å²) in [7, 11) is 0. The third-order valence-electron chi connectivity index (χ3n) is 0.678. The Morgan fingerprint density at radius 3 is 1.58 bits per heavy atom. The van der Waals surface area contributed by atoms with Gasteiger partial charge in [0.05, 0.1) is 0 Å². The fourth-order valence-corrected chi connectivity index (χ4v) is 0.274. The third-order valence-corrected chi connectivity index (χ3v) is 0.678. The SMILES string of the molecule is CC(F)=C(F)C(C)F.O=C(O)O. The van der Waals surface area contributed by atoms with Gasteiger partial charge in [0.25, 0.3) is 0 Å². The van der Waals surface area contributed by atoms with Gasteiger partial charge in [-0.1, -0.05) is 0 Å². The number of allylic oxidation sites excluding steroid dienone is 2. The maximum atomic E-state index is 11.8. The quantitative estimate of drug-likeness (QED) is 0.661. The van der Waals surface area contributed by atoms with Crippen molar-refractivity contribution < 1.29 is 28.2 Å². The van der Waals surface area contributed by atoms with E-state index in [-0.39, 0.29) is 0 Å². The van der Waals surface area contributed by atoms with Crippen LogP contribution >= 0.6 is 0 Å². The molecule has 2 N–H and O–H groups in total. The minimum absolute atomic E-state index is 0.880. The summed E-state index contributed by atoms with van der Waals surface area (Å²) in [5, 5.41) is 13.9. The van der Waals surface area contributed by atoms with E-state index in [0.29, 0.717) is 0 Å². The van der Waals surface area contributed by atoms with E-state index in [1.165, 1.54) is 0 Å². The Hall–Kier alpha value is -1.20. The first kappa shape index (κ1) is 13.4. The minimum atomic E-state index is -1.83. The van der Waals surface area contributed by atoms with Crippen molar-refractivity contribution in [3.8, 4) is 0 Å².